The molecule has 0 fully saturated rings. The molecule has 5 heteroatoms. The van der Waals surface area contributed by atoms with Gasteiger partial charge in [0.25, 0.3) is 5.91 Å². The number of carbonyl (C=O) groups is 2. The lowest BCUT2D eigenvalue weighted by molar-refractivity contribution is 0.0696. The van der Waals surface area contributed by atoms with E-state index in [1.54, 1.807) is 6.07 Å². The van der Waals surface area contributed by atoms with Gasteiger partial charge in [-0.15, -0.1) is 0 Å². The van der Waals surface area contributed by atoms with E-state index in [2.05, 4.69) is 5.32 Å². The second-order valence-electron chi connectivity index (χ2n) is 5.20. The molecular weight excluding hydrogens is 306 g/mol. The zero-order valence-corrected chi connectivity index (χ0v) is 12.9. The SMILES string of the molecule is COc1ccc(C(=O)O)cc1NC(=O)c1cccc2ccccc12. The normalized spacial score (nSPS) is 10.4. The van der Waals surface area contributed by atoms with E-state index in [1.807, 2.05) is 36.4 Å². The van der Waals surface area contributed by atoms with Gasteiger partial charge in [0.15, 0.2) is 0 Å². The summed E-state index contributed by atoms with van der Waals surface area (Å²) in [6.07, 6.45) is 0. The van der Waals surface area contributed by atoms with Crippen LogP contribution in [-0.4, -0.2) is 24.1 Å². The number of methoxy groups -OCH3 is 1. The number of rotatable bonds is 4. The molecule has 0 atom stereocenters. The summed E-state index contributed by atoms with van der Waals surface area (Å²) in [4.78, 5) is 23.8. The highest BCUT2D eigenvalue weighted by Gasteiger charge is 2.14. The molecule has 0 saturated carbocycles. The molecule has 0 radical (unpaired) electrons. The van der Waals surface area contributed by atoms with E-state index in [9.17, 15) is 9.59 Å². The van der Waals surface area contributed by atoms with Crippen molar-refractivity contribution in [2.75, 3.05) is 12.4 Å². The molecule has 0 bridgehead atoms. The highest BCUT2D eigenvalue weighted by molar-refractivity contribution is 6.13. The van der Waals surface area contributed by atoms with Crippen molar-refractivity contribution in [2.24, 2.45) is 0 Å². The highest BCUT2D eigenvalue weighted by atomic mass is 16.5. The van der Waals surface area contributed by atoms with Crippen molar-refractivity contribution in [3.8, 4) is 5.75 Å². The van der Waals surface area contributed by atoms with Crippen LogP contribution in [0.3, 0.4) is 0 Å². The predicted octanol–water partition coefficient (Wildman–Crippen LogP) is 3.80. The van der Waals surface area contributed by atoms with Crippen molar-refractivity contribution in [3.63, 3.8) is 0 Å². The summed E-state index contributed by atoms with van der Waals surface area (Å²) >= 11 is 0. The number of ether oxygens (including phenoxy) is 1. The summed E-state index contributed by atoms with van der Waals surface area (Å²) in [6, 6.07) is 17.4. The Bertz CT molecular complexity index is 928. The van der Waals surface area contributed by atoms with Crippen LogP contribution < -0.4 is 10.1 Å². The van der Waals surface area contributed by atoms with Crippen molar-refractivity contribution in [1.29, 1.82) is 0 Å². The van der Waals surface area contributed by atoms with Crippen molar-refractivity contribution in [3.05, 3.63) is 71.8 Å². The molecule has 0 unspecified atom stereocenters. The Kier molecular flexibility index (Phi) is 4.16. The lowest BCUT2D eigenvalue weighted by atomic mass is 10.0. The summed E-state index contributed by atoms with van der Waals surface area (Å²) in [5.74, 6) is -1.00. The number of hydrogen-bond donors (Lipinski definition) is 2. The highest BCUT2D eigenvalue weighted by Crippen LogP contribution is 2.27. The Morgan fingerprint density at radius 3 is 2.50 bits per heavy atom. The van der Waals surface area contributed by atoms with E-state index in [4.69, 9.17) is 9.84 Å². The number of carboxylic acids is 1. The first-order chi connectivity index (χ1) is 11.6. The summed E-state index contributed by atoms with van der Waals surface area (Å²) in [5.41, 5.74) is 0.898. The Labute approximate surface area is 138 Å². The molecule has 3 aromatic rings. The zero-order valence-electron chi connectivity index (χ0n) is 12.9. The first-order valence-corrected chi connectivity index (χ1v) is 7.30. The fourth-order valence-electron chi connectivity index (χ4n) is 2.55. The first kappa shape index (κ1) is 15.6. The van der Waals surface area contributed by atoms with Gasteiger partial charge in [0, 0.05) is 5.56 Å². The molecule has 0 aliphatic rings. The summed E-state index contributed by atoms with van der Waals surface area (Å²) in [7, 11) is 1.46. The third-order valence-electron chi connectivity index (χ3n) is 3.73. The molecule has 24 heavy (non-hydrogen) atoms. The Balaban J connectivity index is 2.00. The van der Waals surface area contributed by atoms with E-state index in [0.717, 1.165) is 10.8 Å². The van der Waals surface area contributed by atoms with Crippen molar-refractivity contribution in [2.45, 2.75) is 0 Å². The van der Waals surface area contributed by atoms with E-state index in [0.29, 0.717) is 17.0 Å². The minimum Gasteiger partial charge on any atom is -0.495 e. The fourth-order valence-corrected chi connectivity index (χ4v) is 2.55. The Morgan fingerprint density at radius 2 is 1.75 bits per heavy atom. The van der Waals surface area contributed by atoms with Gasteiger partial charge in [-0.1, -0.05) is 36.4 Å². The molecule has 3 rings (SSSR count). The Morgan fingerprint density at radius 1 is 1.00 bits per heavy atom. The van der Waals surface area contributed by atoms with Gasteiger partial charge >= 0.3 is 5.97 Å². The molecule has 0 saturated heterocycles. The molecule has 3 aromatic carbocycles. The third-order valence-corrected chi connectivity index (χ3v) is 3.73. The van der Waals surface area contributed by atoms with Gasteiger partial charge in [-0.05, 0) is 35.0 Å². The minimum absolute atomic E-state index is 0.0732. The summed E-state index contributed by atoms with van der Waals surface area (Å²) < 4.78 is 5.20. The van der Waals surface area contributed by atoms with E-state index < -0.39 is 5.97 Å². The number of hydrogen-bond acceptors (Lipinski definition) is 3. The maximum atomic E-state index is 12.7. The van der Waals surface area contributed by atoms with Gasteiger partial charge in [-0.2, -0.15) is 0 Å². The predicted molar refractivity (Wildman–Crippen MR) is 91.9 cm³/mol. The van der Waals surface area contributed by atoms with Crippen LogP contribution >= 0.6 is 0 Å². The minimum atomic E-state index is -1.07. The largest absolute Gasteiger partial charge is 0.495 e. The summed E-state index contributed by atoms with van der Waals surface area (Å²) in [5, 5.41) is 13.6. The van der Waals surface area contributed by atoms with Crippen molar-refractivity contribution in [1.82, 2.24) is 0 Å². The molecule has 0 heterocycles. The quantitative estimate of drug-likeness (QED) is 0.766. The molecule has 120 valence electrons. The zero-order chi connectivity index (χ0) is 17.1. The lowest BCUT2D eigenvalue weighted by Crippen LogP contribution is -2.13. The topological polar surface area (TPSA) is 75.6 Å². The van der Waals surface area contributed by atoms with Crippen LogP contribution in [0.2, 0.25) is 0 Å². The van der Waals surface area contributed by atoms with E-state index in [-0.39, 0.29) is 11.5 Å². The van der Waals surface area contributed by atoms with Gasteiger partial charge in [0.2, 0.25) is 0 Å². The third kappa shape index (κ3) is 2.92. The average molecular weight is 321 g/mol. The first-order valence-electron chi connectivity index (χ1n) is 7.30. The molecule has 1 amide bonds. The van der Waals surface area contributed by atoms with Crippen LogP contribution in [0.15, 0.2) is 60.7 Å². The van der Waals surface area contributed by atoms with Crippen LogP contribution in [0.5, 0.6) is 5.75 Å². The number of nitrogens with one attached hydrogen (secondary N) is 1. The second-order valence-corrected chi connectivity index (χ2v) is 5.20. The maximum Gasteiger partial charge on any atom is 0.335 e. The number of amides is 1. The molecule has 0 aromatic heterocycles. The van der Waals surface area contributed by atoms with Crippen molar-refractivity contribution >= 4 is 28.3 Å². The van der Waals surface area contributed by atoms with Crippen LogP contribution in [0, 0.1) is 0 Å². The number of carboxylic acid groups (broad SMARTS) is 1. The molecular formula is C19H15NO4. The molecule has 0 aliphatic carbocycles. The van der Waals surface area contributed by atoms with Crippen molar-refractivity contribution < 1.29 is 19.4 Å². The van der Waals surface area contributed by atoms with Gasteiger partial charge in [-0.3, -0.25) is 4.79 Å². The van der Waals surface area contributed by atoms with Gasteiger partial charge < -0.3 is 15.2 Å². The van der Waals surface area contributed by atoms with E-state index in [1.165, 1.54) is 25.3 Å². The smallest absolute Gasteiger partial charge is 0.335 e. The number of fused-ring (bicyclic) bond motifs is 1. The second kappa shape index (κ2) is 6.42. The van der Waals surface area contributed by atoms with Gasteiger partial charge in [-0.25, -0.2) is 4.79 Å². The summed E-state index contributed by atoms with van der Waals surface area (Å²) in [6.45, 7) is 0. The Hall–Kier alpha value is -3.34. The lowest BCUT2D eigenvalue weighted by Gasteiger charge is -2.12. The van der Waals surface area contributed by atoms with Crippen LogP contribution in [-0.2, 0) is 0 Å². The van der Waals surface area contributed by atoms with Gasteiger partial charge in [0.05, 0.1) is 18.4 Å². The van der Waals surface area contributed by atoms with Crippen LogP contribution in [0.1, 0.15) is 20.7 Å². The monoisotopic (exact) mass is 321 g/mol. The van der Waals surface area contributed by atoms with Gasteiger partial charge in [0.1, 0.15) is 5.75 Å². The fraction of sp³-hybridized carbons (Fsp3) is 0.0526. The van der Waals surface area contributed by atoms with Crippen LogP contribution in [0.4, 0.5) is 5.69 Å². The number of benzene rings is 3. The van der Waals surface area contributed by atoms with E-state index >= 15 is 0 Å². The molecule has 2 N–H and O–H groups in total. The number of aromatic carboxylic acids is 1. The molecule has 5 nitrogen and oxygen atoms in total. The van der Waals surface area contributed by atoms with Crippen LogP contribution in [0.25, 0.3) is 10.8 Å². The average Bonchev–Trinajstić information content (AvgIpc) is 2.61. The number of carbonyl (C=O) groups excluding carboxylic acids is 1. The maximum absolute atomic E-state index is 12.7. The molecule has 0 spiro atoms. The standard InChI is InChI=1S/C19H15NO4/c1-24-17-10-9-13(19(22)23)11-16(17)20-18(21)15-8-4-6-12-5-2-3-7-14(12)15/h2-11H,1H3,(H,20,21)(H,22,23). The molecule has 0 aliphatic heterocycles. The number of anilines is 1.